The zero-order valence-corrected chi connectivity index (χ0v) is 10.8. The van der Waals surface area contributed by atoms with Gasteiger partial charge in [-0.15, -0.1) is 0 Å². The number of carbonyl (C=O) groups excluding carboxylic acids is 2. The molecule has 0 atom stereocenters. The highest BCUT2D eigenvalue weighted by atomic mass is 16.2. The molecule has 0 saturated heterocycles. The number of hydrogen-bond donors (Lipinski definition) is 1. The van der Waals surface area contributed by atoms with Crippen LogP contribution in [0.25, 0.3) is 0 Å². The Labute approximate surface area is 116 Å². The van der Waals surface area contributed by atoms with Crippen LogP contribution in [-0.2, 0) is 11.3 Å². The van der Waals surface area contributed by atoms with E-state index in [4.69, 9.17) is 0 Å². The molecule has 2 aromatic rings. The molecule has 1 aromatic heterocycles. The topological polar surface area (TPSA) is 67.2 Å². The summed E-state index contributed by atoms with van der Waals surface area (Å²) in [6.45, 7) is 1.08. The van der Waals surface area contributed by atoms with Gasteiger partial charge in [-0.3, -0.25) is 14.3 Å². The average Bonchev–Trinajstić information content (AvgIpc) is 2.95. The van der Waals surface area contributed by atoms with E-state index in [1.165, 1.54) is 0 Å². The van der Waals surface area contributed by atoms with Gasteiger partial charge in [0.1, 0.15) is 0 Å². The minimum Gasteiger partial charge on any atom is -0.343 e. The molecule has 0 aliphatic carbocycles. The Balaban J connectivity index is 1.89. The Bertz CT molecular complexity index is 636. The molecule has 2 heterocycles. The monoisotopic (exact) mass is 270 g/mol. The third-order valence-corrected chi connectivity index (χ3v) is 3.25. The highest BCUT2D eigenvalue weighted by Crippen LogP contribution is 2.22. The second kappa shape index (κ2) is 5.16. The standard InChI is InChI=1S/C14H14N4O2/c19-13-10-15-14(20)11-4-1-2-5-12(11)18(13)9-8-17-7-3-6-16-17/h1-7H,8-10H2,(H,15,20). The van der Waals surface area contributed by atoms with Crippen LogP contribution < -0.4 is 10.2 Å². The Kier molecular flexibility index (Phi) is 3.20. The maximum Gasteiger partial charge on any atom is 0.253 e. The molecule has 0 spiro atoms. The Hall–Kier alpha value is -2.63. The molecule has 0 radical (unpaired) electrons. The van der Waals surface area contributed by atoms with E-state index in [9.17, 15) is 9.59 Å². The summed E-state index contributed by atoms with van der Waals surface area (Å²) in [6, 6.07) is 8.97. The van der Waals surface area contributed by atoms with Crippen LogP contribution in [0.15, 0.2) is 42.7 Å². The van der Waals surface area contributed by atoms with Gasteiger partial charge in [0.25, 0.3) is 5.91 Å². The van der Waals surface area contributed by atoms with Crippen LogP contribution in [0, 0.1) is 0 Å². The third kappa shape index (κ3) is 2.27. The Morgan fingerprint density at radius 2 is 2.00 bits per heavy atom. The van der Waals surface area contributed by atoms with Crippen molar-refractivity contribution in [2.75, 3.05) is 18.0 Å². The Morgan fingerprint density at radius 3 is 2.80 bits per heavy atom. The number of amides is 2. The van der Waals surface area contributed by atoms with E-state index in [2.05, 4.69) is 10.4 Å². The lowest BCUT2D eigenvalue weighted by molar-refractivity contribution is -0.117. The van der Waals surface area contributed by atoms with Crippen LogP contribution in [-0.4, -0.2) is 34.7 Å². The van der Waals surface area contributed by atoms with E-state index < -0.39 is 0 Å². The van der Waals surface area contributed by atoms with Crippen LogP contribution >= 0.6 is 0 Å². The molecule has 1 aromatic carbocycles. The summed E-state index contributed by atoms with van der Waals surface area (Å²) in [5.74, 6) is -0.328. The largest absolute Gasteiger partial charge is 0.343 e. The molecule has 2 amide bonds. The highest BCUT2D eigenvalue weighted by molar-refractivity contribution is 6.09. The van der Waals surface area contributed by atoms with E-state index in [1.807, 2.05) is 18.3 Å². The number of para-hydroxylation sites is 1. The predicted octanol–water partition coefficient (Wildman–Crippen LogP) is 0.660. The molecule has 102 valence electrons. The normalized spacial score (nSPS) is 14.7. The van der Waals surface area contributed by atoms with E-state index in [0.717, 1.165) is 0 Å². The zero-order chi connectivity index (χ0) is 13.9. The molecule has 20 heavy (non-hydrogen) atoms. The van der Waals surface area contributed by atoms with Gasteiger partial charge in [-0.05, 0) is 18.2 Å². The summed E-state index contributed by atoms with van der Waals surface area (Å²) < 4.78 is 1.76. The van der Waals surface area contributed by atoms with Gasteiger partial charge in [0.15, 0.2) is 0 Å². The first-order valence-corrected chi connectivity index (χ1v) is 6.41. The molecule has 6 nitrogen and oxygen atoms in total. The van der Waals surface area contributed by atoms with E-state index in [-0.39, 0.29) is 18.4 Å². The van der Waals surface area contributed by atoms with Crippen molar-refractivity contribution in [3.63, 3.8) is 0 Å². The summed E-state index contributed by atoms with van der Waals surface area (Å²) in [6.07, 6.45) is 3.54. The molecular formula is C14H14N4O2. The van der Waals surface area contributed by atoms with Gasteiger partial charge in [-0.1, -0.05) is 12.1 Å². The summed E-state index contributed by atoms with van der Waals surface area (Å²) in [7, 11) is 0. The van der Waals surface area contributed by atoms with E-state index >= 15 is 0 Å². The highest BCUT2D eigenvalue weighted by Gasteiger charge is 2.25. The third-order valence-electron chi connectivity index (χ3n) is 3.25. The fourth-order valence-corrected chi connectivity index (χ4v) is 2.26. The fraction of sp³-hybridized carbons (Fsp3) is 0.214. The predicted molar refractivity (Wildman–Crippen MR) is 73.4 cm³/mol. The number of aromatic nitrogens is 2. The number of nitrogens with zero attached hydrogens (tertiary/aromatic N) is 3. The number of fused-ring (bicyclic) bond motifs is 1. The first kappa shape index (κ1) is 12.4. The maximum absolute atomic E-state index is 12.2. The lowest BCUT2D eigenvalue weighted by Crippen LogP contribution is -2.38. The number of carbonyl (C=O) groups is 2. The summed E-state index contributed by atoms with van der Waals surface area (Å²) in [5, 5.41) is 6.74. The molecule has 0 fully saturated rings. The van der Waals surface area contributed by atoms with Gasteiger partial charge in [-0.25, -0.2) is 0 Å². The van der Waals surface area contributed by atoms with Crippen molar-refractivity contribution in [1.82, 2.24) is 15.1 Å². The summed E-state index contributed by atoms with van der Waals surface area (Å²) >= 11 is 0. The minimum atomic E-state index is -0.212. The Morgan fingerprint density at radius 1 is 1.15 bits per heavy atom. The smallest absolute Gasteiger partial charge is 0.253 e. The maximum atomic E-state index is 12.2. The number of anilines is 1. The molecule has 0 bridgehead atoms. The lowest BCUT2D eigenvalue weighted by atomic mass is 10.1. The molecule has 1 N–H and O–H groups in total. The van der Waals surface area contributed by atoms with Crippen molar-refractivity contribution in [2.45, 2.75) is 6.54 Å². The van der Waals surface area contributed by atoms with Crippen molar-refractivity contribution in [2.24, 2.45) is 0 Å². The number of rotatable bonds is 3. The minimum absolute atomic E-state index is 0.0205. The van der Waals surface area contributed by atoms with Crippen LogP contribution in [0.1, 0.15) is 10.4 Å². The van der Waals surface area contributed by atoms with Crippen LogP contribution in [0.3, 0.4) is 0 Å². The second-order valence-corrected chi connectivity index (χ2v) is 4.51. The fourth-order valence-electron chi connectivity index (χ4n) is 2.26. The number of hydrogen-bond acceptors (Lipinski definition) is 3. The van der Waals surface area contributed by atoms with Gasteiger partial charge >= 0.3 is 0 Å². The van der Waals surface area contributed by atoms with Gasteiger partial charge in [0.05, 0.1) is 24.3 Å². The molecule has 6 heteroatoms. The molecule has 0 unspecified atom stereocenters. The van der Waals surface area contributed by atoms with Crippen molar-refractivity contribution < 1.29 is 9.59 Å². The van der Waals surface area contributed by atoms with Crippen molar-refractivity contribution in [3.05, 3.63) is 48.3 Å². The molecular weight excluding hydrogens is 256 g/mol. The quantitative estimate of drug-likeness (QED) is 0.891. The van der Waals surface area contributed by atoms with Gasteiger partial charge in [-0.2, -0.15) is 5.10 Å². The van der Waals surface area contributed by atoms with Gasteiger partial charge < -0.3 is 10.2 Å². The first-order chi connectivity index (χ1) is 9.75. The molecule has 1 aliphatic rings. The van der Waals surface area contributed by atoms with Crippen molar-refractivity contribution >= 4 is 17.5 Å². The molecule has 1 aliphatic heterocycles. The van der Waals surface area contributed by atoms with E-state index in [1.54, 1.807) is 34.0 Å². The number of benzene rings is 1. The number of nitrogens with one attached hydrogen (secondary N) is 1. The lowest BCUT2D eigenvalue weighted by Gasteiger charge is -2.21. The SMILES string of the molecule is O=C1NCC(=O)N(CCn2cccn2)c2ccccc21. The van der Waals surface area contributed by atoms with Crippen molar-refractivity contribution in [3.8, 4) is 0 Å². The molecule has 0 saturated carbocycles. The summed E-state index contributed by atoms with van der Waals surface area (Å²) in [4.78, 5) is 25.7. The van der Waals surface area contributed by atoms with Gasteiger partial charge in [0.2, 0.25) is 5.91 Å². The van der Waals surface area contributed by atoms with E-state index in [0.29, 0.717) is 24.3 Å². The summed E-state index contributed by atoms with van der Waals surface area (Å²) in [5.41, 5.74) is 1.18. The second-order valence-electron chi connectivity index (χ2n) is 4.51. The first-order valence-electron chi connectivity index (χ1n) is 6.41. The molecule has 3 rings (SSSR count). The van der Waals surface area contributed by atoms with Crippen molar-refractivity contribution in [1.29, 1.82) is 0 Å². The zero-order valence-electron chi connectivity index (χ0n) is 10.8. The van der Waals surface area contributed by atoms with Crippen LogP contribution in [0.5, 0.6) is 0 Å². The average molecular weight is 270 g/mol. The van der Waals surface area contributed by atoms with Crippen LogP contribution in [0.2, 0.25) is 0 Å². The van der Waals surface area contributed by atoms with Crippen LogP contribution in [0.4, 0.5) is 5.69 Å². The van der Waals surface area contributed by atoms with Gasteiger partial charge in [0, 0.05) is 18.9 Å².